The van der Waals surface area contributed by atoms with Crippen molar-refractivity contribution in [2.75, 3.05) is 13.2 Å². The van der Waals surface area contributed by atoms with Crippen LogP contribution in [0.1, 0.15) is 24.5 Å². The van der Waals surface area contributed by atoms with Crippen molar-refractivity contribution in [1.29, 1.82) is 5.26 Å². The Kier molecular flexibility index (Phi) is 7.26. The van der Waals surface area contributed by atoms with Crippen LogP contribution in [0.5, 0.6) is 11.5 Å². The number of aryl methyl sites for hydroxylation is 1. The lowest BCUT2D eigenvalue weighted by Crippen LogP contribution is -2.25. The van der Waals surface area contributed by atoms with Crippen LogP contribution in [0.2, 0.25) is 0 Å². The summed E-state index contributed by atoms with van der Waals surface area (Å²) in [6, 6.07) is 16.8. The molecule has 0 aliphatic carbocycles. The summed E-state index contributed by atoms with van der Waals surface area (Å²) in [5.74, 6) is -0.220. The molecule has 0 aliphatic heterocycles. The van der Waals surface area contributed by atoms with Crippen molar-refractivity contribution in [3.63, 3.8) is 0 Å². The molecule has 0 unspecified atom stereocenters. The summed E-state index contributed by atoms with van der Waals surface area (Å²) < 4.78 is 5.31. The highest BCUT2D eigenvalue weighted by molar-refractivity contribution is 6.02. The van der Waals surface area contributed by atoms with Crippen LogP contribution < -0.4 is 10.1 Å². The Balaban J connectivity index is 1.97. The first-order chi connectivity index (χ1) is 12.7. The first-order valence-corrected chi connectivity index (χ1v) is 8.54. The minimum atomic E-state index is -0.457. The van der Waals surface area contributed by atoms with E-state index in [-0.39, 0.29) is 11.3 Å². The van der Waals surface area contributed by atoms with Crippen molar-refractivity contribution < 1.29 is 14.6 Å². The lowest BCUT2D eigenvalue weighted by molar-refractivity contribution is -0.117. The molecule has 5 nitrogen and oxygen atoms in total. The summed E-state index contributed by atoms with van der Waals surface area (Å²) in [4.78, 5) is 12.2. The van der Waals surface area contributed by atoms with Crippen LogP contribution in [0.4, 0.5) is 0 Å². The second kappa shape index (κ2) is 9.90. The Bertz CT molecular complexity index is 808. The third-order valence-electron chi connectivity index (χ3n) is 3.77. The molecule has 134 valence electrons. The fraction of sp³-hybridized carbons (Fsp3) is 0.238. The van der Waals surface area contributed by atoms with Crippen molar-refractivity contribution >= 4 is 12.0 Å². The summed E-state index contributed by atoms with van der Waals surface area (Å²) in [6.45, 7) is 2.69. The number of para-hydroxylation sites is 1. The fourth-order valence-corrected chi connectivity index (χ4v) is 2.47. The second-order valence-corrected chi connectivity index (χ2v) is 5.64. The number of benzene rings is 2. The van der Waals surface area contributed by atoms with Gasteiger partial charge >= 0.3 is 0 Å². The average molecular weight is 350 g/mol. The first kappa shape index (κ1) is 19.1. The molecule has 26 heavy (non-hydrogen) atoms. The van der Waals surface area contributed by atoms with E-state index in [1.807, 2.05) is 43.3 Å². The predicted molar refractivity (Wildman–Crippen MR) is 101 cm³/mol. The number of ether oxygens (including phenoxy) is 1. The molecule has 2 aromatic rings. The van der Waals surface area contributed by atoms with Crippen LogP contribution in [-0.2, 0) is 11.2 Å². The second-order valence-electron chi connectivity index (χ2n) is 5.64. The summed E-state index contributed by atoms with van der Waals surface area (Å²) in [6.07, 6.45) is 2.99. The number of phenols is 1. The van der Waals surface area contributed by atoms with Crippen LogP contribution in [0, 0.1) is 11.3 Å². The van der Waals surface area contributed by atoms with Crippen molar-refractivity contribution in [3.05, 3.63) is 65.2 Å². The molecule has 2 rings (SSSR count). The highest BCUT2D eigenvalue weighted by Gasteiger charge is 2.12. The Morgan fingerprint density at radius 2 is 2.00 bits per heavy atom. The molecule has 0 saturated heterocycles. The van der Waals surface area contributed by atoms with Gasteiger partial charge in [0.25, 0.3) is 5.91 Å². The van der Waals surface area contributed by atoms with Crippen molar-refractivity contribution in [1.82, 2.24) is 5.32 Å². The van der Waals surface area contributed by atoms with Crippen molar-refractivity contribution in [3.8, 4) is 17.6 Å². The van der Waals surface area contributed by atoms with Gasteiger partial charge in [-0.15, -0.1) is 0 Å². The number of carbonyl (C=O) groups is 1. The van der Waals surface area contributed by atoms with E-state index in [4.69, 9.17) is 4.74 Å². The molecule has 2 N–H and O–H groups in total. The number of hydrogen-bond donors (Lipinski definition) is 2. The van der Waals surface area contributed by atoms with E-state index < -0.39 is 5.91 Å². The summed E-state index contributed by atoms with van der Waals surface area (Å²) in [7, 11) is 0. The maximum Gasteiger partial charge on any atom is 0.261 e. The third-order valence-corrected chi connectivity index (χ3v) is 3.77. The Labute approximate surface area is 153 Å². The number of carbonyl (C=O) groups excluding carboxylic acids is 1. The molecule has 0 saturated carbocycles. The molecular formula is C21H22N2O3. The van der Waals surface area contributed by atoms with Gasteiger partial charge in [0.2, 0.25) is 0 Å². The van der Waals surface area contributed by atoms with Crippen LogP contribution >= 0.6 is 0 Å². The van der Waals surface area contributed by atoms with Gasteiger partial charge in [-0.1, -0.05) is 42.5 Å². The molecule has 0 bridgehead atoms. The highest BCUT2D eigenvalue weighted by atomic mass is 16.5. The number of aromatic hydroxyl groups is 1. The normalized spacial score (nSPS) is 10.8. The first-order valence-electron chi connectivity index (χ1n) is 8.54. The number of nitrogens with one attached hydrogen (secondary N) is 1. The van der Waals surface area contributed by atoms with Gasteiger partial charge in [0.15, 0.2) is 11.5 Å². The zero-order valence-corrected chi connectivity index (χ0v) is 14.7. The van der Waals surface area contributed by atoms with E-state index in [9.17, 15) is 15.2 Å². The van der Waals surface area contributed by atoms with E-state index in [0.29, 0.717) is 24.5 Å². The number of phenolic OH excluding ortho intramolecular Hbond substituents is 1. The Hall–Kier alpha value is -3.26. The Morgan fingerprint density at radius 1 is 1.23 bits per heavy atom. The maximum atomic E-state index is 12.2. The van der Waals surface area contributed by atoms with Gasteiger partial charge in [-0.3, -0.25) is 4.79 Å². The molecular weight excluding hydrogens is 328 g/mol. The standard InChI is InChI=1S/C21H22N2O3/c1-2-26-19-12-6-11-17(20(19)24)14-18(15-22)21(25)23-13-7-10-16-8-4-3-5-9-16/h3-6,8-9,11-12,14,24H,2,7,10,13H2,1H3,(H,23,25)/b18-14-. The Morgan fingerprint density at radius 3 is 2.69 bits per heavy atom. The molecule has 0 radical (unpaired) electrons. The van der Waals surface area contributed by atoms with Crippen LogP contribution in [-0.4, -0.2) is 24.2 Å². The van der Waals surface area contributed by atoms with Gasteiger partial charge in [0, 0.05) is 12.1 Å². The SMILES string of the molecule is CCOc1cccc(/C=C(/C#N)C(=O)NCCCc2ccccc2)c1O. The lowest BCUT2D eigenvalue weighted by atomic mass is 10.1. The number of nitriles is 1. The topological polar surface area (TPSA) is 82.3 Å². The van der Waals surface area contributed by atoms with E-state index in [0.717, 1.165) is 12.8 Å². The highest BCUT2D eigenvalue weighted by Crippen LogP contribution is 2.31. The van der Waals surface area contributed by atoms with Crippen LogP contribution in [0.3, 0.4) is 0 Å². The molecule has 2 aromatic carbocycles. The van der Waals surface area contributed by atoms with Gasteiger partial charge in [0.05, 0.1) is 6.61 Å². The van der Waals surface area contributed by atoms with Gasteiger partial charge in [0.1, 0.15) is 11.6 Å². The van der Waals surface area contributed by atoms with Gasteiger partial charge in [-0.2, -0.15) is 5.26 Å². The minimum absolute atomic E-state index is 0.0614. The van der Waals surface area contributed by atoms with Crippen molar-refractivity contribution in [2.24, 2.45) is 0 Å². The lowest BCUT2D eigenvalue weighted by Gasteiger charge is -2.08. The summed E-state index contributed by atoms with van der Waals surface area (Å²) in [5, 5.41) is 22.2. The number of hydrogen-bond acceptors (Lipinski definition) is 4. The third kappa shape index (κ3) is 5.38. The molecule has 0 aromatic heterocycles. The number of nitrogens with zero attached hydrogens (tertiary/aromatic N) is 1. The number of rotatable bonds is 8. The maximum absolute atomic E-state index is 12.2. The summed E-state index contributed by atoms with van der Waals surface area (Å²) >= 11 is 0. The largest absolute Gasteiger partial charge is 0.504 e. The molecule has 0 spiro atoms. The van der Waals surface area contributed by atoms with Gasteiger partial charge < -0.3 is 15.2 Å². The molecule has 5 heteroatoms. The quantitative estimate of drug-likeness (QED) is 0.434. The van der Waals surface area contributed by atoms with Gasteiger partial charge in [-0.25, -0.2) is 0 Å². The monoisotopic (exact) mass is 350 g/mol. The van der Waals surface area contributed by atoms with Gasteiger partial charge in [-0.05, 0) is 37.5 Å². The predicted octanol–water partition coefficient (Wildman–Crippen LogP) is 3.45. The van der Waals surface area contributed by atoms with E-state index in [2.05, 4.69) is 5.32 Å². The zero-order valence-electron chi connectivity index (χ0n) is 14.7. The summed E-state index contributed by atoms with van der Waals surface area (Å²) in [5.41, 5.74) is 1.51. The zero-order chi connectivity index (χ0) is 18.8. The van der Waals surface area contributed by atoms with E-state index >= 15 is 0 Å². The van der Waals surface area contributed by atoms with Crippen molar-refractivity contribution in [2.45, 2.75) is 19.8 Å². The molecule has 0 atom stereocenters. The van der Waals surface area contributed by atoms with Crippen LogP contribution in [0.15, 0.2) is 54.1 Å². The minimum Gasteiger partial charge on any atom is -0.504 e. The van der Waals surface area contributed by atoms with E-state index in [1.54, 1.807) is 18.2 Å². The average Bonchev–Trinajstić information content (AvgIpc) is 2.66. The smallest absolute Gasteiger partial charge is 0.261 e. The molecule has 0 fully saturated rings. The molecule has 1 amide bonds. The fourth-order valence-electron chi connectivity index (χ4n) is 2.47. The van der Waals surface area contributed by atoms with E-state index in [1.165, 1.54) is 11.6 Å². The number of amides is 1. The molecule has 0 heterocycles. The van der Waals surface area contributed by atoms with Crippen LogP contribution in [0.25, 0.3) is 6.08 Å². The molecule has 0 aliphatic rings.